The van der Waals surface area contributed by atoms with Crippen molar-refractivity contribution in [1.29, 1.82) is 0 Å². The Morgan fingerprint density at radius 3 is 2.11 bits per heavy atom. The van der Waals surface area contributed by atoms with Gasteiger partial charge in [0, 0.05) is 23.2 Å². The summed E-state index contributed by atoms with van der Waals surface area (Å²) >= 11 is 0. The summed E-state index contributed by atoms with van der Waals surface area (Å²) in [6.07, 6.45) is 0. The summed E-state index contributed by atoms with van der Waals surface area (Å²) in [5, 5.41) is 5.74. The number of amides is 2. The first-order valence-corrected chi connectivity index (χ1v) is 8.65. The number of carbonyl (C=O) groups is 2. The number of hydrogen-bond donors (Lipinski definition) is 2. The van der Waals surface area contributed by atoms with E-state index in [4.69, 9.17) is 9.47 Å². The molecule has 6 nitrogen and oxygen atoms in total. The van der Waals surface area contributed by atoms with Crippen LogP contribution >= 0.6 is 0 Å². The van der Waals surface area contributed by atoms with E-state index in [1.165, 1.54) is 0 Å². The molecule has 0 aliphatic heterocycles. The average molecular weight is 370 g/mol. The highest BCUT2D eigenvalue weighted by Crippen LogP contribution is 2.27. The first-order valence-electron chi connectivity index (χ1n) is 8.65. The molecule has 0 spiro atoms. The Morgan fingerprint density at radius 2 is 1.52 bits per heavy atom. The minimum Gasteiger partial charge on any atom is -0.493 e. The van der Waals surface area contributed by atoms with E-state index in [2.05, 4.69) is 10.6 Å². The molecule has 0 heterocycles. The Hall–Kier alpha value is -3.02. The van der Waals surface area contributed by atoms with Crippen molar-refractivity contribution in [3.8, 4) is 11.5 Å². The molecule has 0 unspecified atom stereocenters. The first-order chi connectivity index (χ1) is 12.7. The molecule has 0 aliphatic rings. The van der Waals surface area contributed by atoms with E-state index >= 15 is 0 Å². The normalized spacial score (nSPS) is 10.9. The largest absolute Gasteiger partial charge is 0.493 e. The lowest BCUT2D eigenvalue weighted by Gasteiger charge is -2.20. The molecule has 144 valence electrons. The number of carbonyl (C=O) groups excluding carboxylic acids is 2. The summed E-state index contributed by atoms with van der Waals surface area (Å²) in [6.45, 7) is 6.05. The second-order valence-corrected chi connectivity index (χ2v) is 7.16. The van der Waals surface area contributed by atoms with E-state index < -0.39 is 0 Å². The molecule has 2 N–H and O–H groups in total. The van der Waals surface area contributed by atoms with Crippen LogP contribution in [0.4, 0.5) is 0 Å². The summed E-state index contributed by atoms with van der Waals surface area (Å²) in [5.74, 6) is 0.766. The number of ether oxygens (including phenoxy) is 2. The van der Waals surface area contributed by atoms with E-state index in [0.717, 1.165) is 5.56 Å². The van der Waals surface area contributed by atoms with Gasteiger partial charge in [0.2, 0.25) is 0 Å². The standard InChI is InChI=1S/C21H26N2O4/c1-21(2,3)23-20(25)16-8-6-7-15(12-16)19(24)22-13-14-9-10-17(26-4)18(11-14)27-5/h6-12H,13H2,1-5H3,(H,22,24)(H,23,25). The highest BCUT2D eigenvalue weighted by Gasteiger charge is 2.16. The van der Waals surface area contributed by atoms with Crippen LogP contribution in [0.3, 0.4) is 0 Å². The van der Waals surface area contributed by atoms with Gasteiger partial charge in [-0.05, 0) is 56.7 Å². The molecule has 0 aromatic heterocycles. The van der Waals surface area contributed by atoms with E-state index in [0.29, 0.717) is 29.2 Å². The van der Waals surface area contributed by atoms with Crippen LogP contribution in [0.15, 0.2) is 42.5 Å². The molecule has 0 bridgehead atoms. The summed E-state index contributed by atoms with van der Waals surface area (Å²) < 4.78 is 10.5. The van der Waals surface area contributed by atoms with Gasteiger partial charge in [-0.2, -0.15) is 0 Å². The molecule has 0 saturated heterocycles. The Morgan fingerprint density at radius 1 is 0.889 bits per heavy atom. The molecule has 0 aliphatic carbocycles. The van der Waals surface area contributed by atoms with Crippen molar-refractivity contribution >= 4 is 11.8 Å². The zero-order chi connectivity index (χ0) is 20.0. The van der Waals surface area contributed by atoms with Crippen molar-refractivity contribution < 1.29 is 19.1 Å². The molecule has 27 heavy (non-hydrogen) atoms. The molecule has 2 amide bonds. The van der Waals surface area contributed by atoms with E-state index in [9.17, 15) is 9.59 Å². The van der Waals surface area contributed by atoms with Gasteiger partial charge in [-0.1, -0.05) is 12.1 Å². The van der Waals surface area contributed by atoms with Gasteiger partial charge in [-0.15, -0.1) is 0 Å². The topological polar surface area (TPSA) is 76.7 Å². The Labute approximate surface area is 159 Å². The second-order valence-electron chi connectivity index (χ2n) is 7.16. The van der Waals surface area contributed by atoms with Crippen LogP contribution in [0.1, 0.15) is 47.1 Å². The van der Waals surface area contributed by atoms with Crippen LogP contribution in [0.25, 0.3) is 0 Å². The maximum absolute atomic E-state index is 12.5. The van der Waals surface area contributed by atoms with Crippen molar-refractivity contribution in [2.75, 3.05) is 14.2 Å². The summed E-state index contributed by atoms with van der Waals surface area (Å²) in [7, 11) is 3.14. The van der Waals surface area contributed by atoms with Crippen LogP contribution in [-0.2, 0) is 6.54 Å². The molecular weight excluding hydrogens is 344 g/mol. The minimum atomic E-state index is -0.344. The minimum absolute atomic E-state index is 0.211. The van der Waals surface area contributed by atoms with Gasteiger partial charge in [0.25, 0.3) is 11.8 Å². The van der Waals surface area contributed by atoms with E-state index in [-0.39, 0.29) is 17.4 Å². The highest BCUT2D eigenvalue weighted by molar-refractivity contribution is 5.99. The van der Waals surface area contributed by atoms with Crippen LogP contribution in [0, 0.1) is 0 Å². The molecule has 0 fully saturated rings. The van der Waals surface area contributed by atoms with Crippen molar-refractivity contribution in [3.05, 3.63) is 59.2 Å². The molecule has 0 saturated carbocycles. The predicted octanol–water partition coefficient (Wildman–Crippen LogP) is 3.16. The SMILES string of the molecule is COc1ccc(CNC(=O)c2cccc(C(=O)NC(C)(C)C)c2)cc1OC. The Bertz CT molecular complexity index is 825. The number of hydrogen-bond acceptors (Lipinski definition) is 4. The van der Waals surface area contributed by atoms with Gasteiger partial charge in [0.1, 0.15) is 0 Å². The molecule has 0 radical (unpaired) electrons. The van der Waals surface area contributed by atoms with Crippen molar-refractivity contribution in [3.63, 3.8) is 0 Å². The van der Waals surface area contributed by atoms with Crippen LogP contribution < -0.4 is 20.1 Å². The molecule has 0 atom stereocenters. The lowest BCUT2D eigenvalue weighted by molar-refractivity contribution is 0.0919. The van der Waals surface area contributed by atoms with Gasteiger partial charge < -0.3 is 20.1 Å². The number of methoxy groups -OCH3 is 2. The first kappa shape index (κ1) is 20.3. The smallest absolute Gasteiger partial charge is 0.251 e. The molecule has 2 aromatic rings. The Balaban J connectivity index is 2.06. The van der Waals surface area contributed by atoms with Crippen molar-refractivity contribution in [1.82, 2.24) is 10.6 Å². The summed E-state index contributed by atoms with van der Waals surface area (Å²) in [4.78, 5) is 24.7. The van der Waals surface area contributed by atoms with Gasteiger partial charge >= 0.3 is 0 Å². The third-order valence-corrected chi connectivity index (χ3v) is 3.78. The van der Waals surface area contributed by atoms with Gasteiger partial charge in [-0.3, -0.25) is 9.59 Å². The van der Waals surface area contributed by atoms with Gasteiger partial charge in [0.15, 0.2) is 11.5 Å². The third kappa shape index (κ3) is 5.74. The maximum Gasteiger partial charge on any atom is 0.251 e. The number of benzene rings is 2. The average Bonchev–Trinajstić information content (AvgIpc) is 2.64. The Kier molecular flexibility index (Phi) is 6.45. The van der Waals surface area contributed by atoms with Crippen LogP contribution in [-0.4, -0.2) is 31.6 Å². The molecular formula is C21H26N2O4. The van der Waals surface area contributed by atoms with E-state index in [1.54, 1.807) is 44.6 Å². The zero-order valence-electron chi connectivity index (χ0n) is 16.4. The summed E-state index contributed by atoms with van der Waals surface area (Å²) in [5.41, 5.74) is 1.41. The lowest BCUT2D eigenvalue weighted by atomic mass is 10.1. The van der Waals surface area contributed by atoms with E-state index in [1.807, 2.05) is 32.9 Å². The van der Waals surface area contributed by atoms with Crippen LogP contribution in [0.5, 0.6) is 11.5 Å². The second kappa shape index (κ2) is 8.58. The molecule has 2 aromatic carbocycles. The summed E-state index contributed by atoms with van der Waals surface area (Å²) in [6, 6.07) is 12.1. The fourth-order valence-electron chi connectivity index (χ4n) is 2.49. The van der Waals surface area contributed by atoms with Gasteiger partial charge in [0.05, 0.1) is 14.2 Å². The maximum atomic E-state index is 12.5. The fraction of sp³-hybridized carbons (Fsp3) is 0.333. The number of nitrogens with one attached hydrogen (secondary N) is 2. The van der Waals surface area contributed by atoms with Crippen molar-refractivity contribution in [2.45, 2.75) is 32.9 Å². The quantitative estimate of drug-likeness (QED) is 0.819. The zero-order valence-corrected chi connectivity index (χ0v) is 16.4. The highest BCUT2D eigenvalue weighted by atomic mass is 16.5. The molecule has 2 rings (SSSR count). The van der Waals surface area contributed by atoms with Gasteiger partial charge in [-0.25, -0.2) is 0 Å². The van der Waals surface area contributed by atoms with Crippen LogP contribution in [0.2, 0.25) is 0 Å². The lowest BCUT2D eigenvalue weighted by Crippen LogP contribution is -2.40. The number of rotatable bonds is 6. The fourth-order valence-corrected chi connectivity index (χ4v) is 2.49. The van der Waals surface area contributed by atoms with Crippen molar-refractivity contribution in [2.24, 2.45) is 0 Å². The third-order valence-electron chi connectivity index (χ3n) is 3.78. The monoisotopic (exact) mass is 370 g/mol. The predicted molar refractivity (Wildman–Crippen MR) is 104 cm³/mol. The molecule has 6 heteroatoms.